The van der Waals surface area contributed by atoms with Crippen molar-refractivity contribution in [3.8, 4) is 0 Å². The lowest BCUT2D eigenvalue weighted by Crippen LogP contribution is -2.22. The van der Waals surface area contributed by atoms with Crippen molar-refractivity contribution in [2.24, 2.45) is 5.11 Å². The molecule has 0 aliphatic carbocycles. The normalized spacial score (nSPS) is 14.3. The van der Waals surface area contributed by atoms with Gasteiger partial charge < -0.3 is 5.11 Å². The molecule has 0 aliphatic rings. The number of rotatable bonds is 3. The van der Waals surface area contributed by atoms with Crippen molar-refractivity contribution in [1.29, 1.82) is 0 Å². The predicted molar refractivity (Wildman–Crippen MR) is 50.0 cm³/mol. The van der Waals surface area contributed by atoms with Crippen LogP contribution in [0.15, 0.2) is 35.4 Å². The van der Waals surface area contributed by atoms with Crippen LogP contribution in [0.25, 0.3) is 10.4 Å². The Kier molecular flexibility index (Phi) is 2.90. The SMILES string of the molecule is CC(CO)(N=[N+]=[N-])c1ccccc1. The summed E-state index contributed by atoms with van der Waals surface area (Å²) < 4.78 is 0. The number of benzene rings is 1. The summed E-state index contributed by atoms with van der Waals surface area (Å²) in [7, 11) is 0. The third-order valence-corrected chi connectivity index (χ3v) is 1.97. The lowest BCUT2D eigenvalue weighted by Gasteiger charge is -2.20. The minimum Gasteiger partial charge on any atom is -0.395 e. The molecule has 0 aliphatic heterocycles. The molecule has 0 saturated carbocycles. The van der Waals surface area contributed by atoms with Gasteiger partial charge in [-0.05, 0) is 18.0 Å². The number of aliphatic hydroxyl groups excluding tert-OH is 1. The van der Waals surface area contributed by atoms with Crippen LogP contribution >= 0.6 is 0 Å². The minimum absolute atomic E-state index is 0.193. The summed E-state index contributed by atoms with van der Waals surface area (Å²) in [6, 6.07) is 9.21. The zero-order valence-corrected chi connectivity index (χ0v) is 7.38. The third-order valence-electron chi connectivity index (χ3n) is 1.97. The smallest absolute Gasteiger partial charge is 0.0940 e. The van der Waals surface area contributed by atoms with E-state index in [1.807, 2.05) is 30.3 Å². The zero-order valence-electron chi connectivity index (χ0n) is 7.38. The van der Waals surface area contributed by atoms with E-state index in [0.717, 1.165) is 5.56 Å². The maximum atomic E-state index is 9.10. The summed E-state index contributed by atoms with van der Waals surface area (Å²) in [5, 5.41) is 12.7. The Morgan fingerprint density at radius 2 is 2.08 bits per heavy atom. The van der Waals surface area contributed by atoms with E-state index in [4.69, 9.17) is 10.6 Å². The highest BCUT2D eigenvalue weighted by Crippen LogP contribution is 2.24. The summed E-state index contributed by atoms with van der Waals surface area (Å²) in [6.45, 7) is 1.50. The largest absolute Gasteiger partial charge is 0.395 e. The molecule has 1 rings (SSSR count). The second-order valence-corrected chi connectivity index (χ2v) is 2.99. The number of azide groups is 1. The Bertz CT molecular complexity index is 319. The average molecular weight is 177 g/mol. The quantitative estimate of drug-likeness (QED) is 0.429. The first kappa shape index (κ1) is 9.58. The van der Waals surface area contributed by atoms with E-state index >= 15 is 0 Å². The van der Waals surface area contributed by atoms with Gasteiger partial charge in [-0.25, -0.2) is 0 Å². The highest BCUT2D eigenvalue weighted by atomic mass is 16.3. The fourth-order valence-corrected chi connectivity index (χ4v) is 1.08. The number of hydrogen-bond donors (Lipinski definition) is 1. The summed E-state index contributed by atoms with van der Waals surface area (Å²) in [5.74, 6) is 0. The molecular formula is C9H11N3O. The molecule has 0 aromatic heterocycles. The van der Waals surface area contributed by atoms with Gasteiger partial charge in [0.2, 0.25) is 0 Å². The molecule has 0 heterocycles. The first-order chi connectivity index (χ1) is 6.23. The number of aliphatic hydroxyl groups is 1. The van der Waals surface area contributed by atoms with Gasteiger partial charge in [-0.3, -0.25) is 0 Å². The molecule has 0 bridgehead atoms. The van der Waals surface area contributed by atoms with Crippen LogP contribution in [0.1, 0.15) is 12.5 Å². The average Bonchev–Trinajstić information content (AvgIpc) is 2.19. The van der Waals surface area contributed by atoms with Crippen LogP contribution in [-0.2, 0) is 5.54 Å². The second-order valence-electron chi connectivity index (χ2n) is 2.99. The van der Waals surface area contributed by atoms with Crippen LogP contribution in [0.5, 0.6) is 0 Å². The lowest BCUT2D eigenvalue weighted by atomic mass is 9.94. The van der Waals surface area contributed by atoms with E-state index < -0.39 is 5.54 Å². The Morgan fingerprint density at radius 1 is 1.46 bits per heavy atom. The van der Waals surface area contributed by atoms with Gasteiger partial charge in [0.25, 0.3) is 0 Å². The highest BCUT2D eigenvalue weighted by molar-refractivity contribution is 5.23. The van der Waals surface area contributed by atoms with Crippen molar-refractivity contribution in [1.82, 2.24) is 0 Å². The molecule has 13 heavy (non-hydrogen) atoms. The first-order valence-corrected chi connectivity index (χ1v) is 3.95. The van der Waals surface area contributed by atoms with Gasteiger partial charge >= 0.3 is 0 Å². The Morgan fingerprint density at radius 3 is 2.54 bits per heavy atom. The molecule has 68 valence electrons. The molecule has 4 heteroatoms. The topological polar surface area (TPSA) is 69.0 Å². The number of nitrogens with zero attached hydrogens (tertiary/aromatic N) is 3. The lowest BCUT2D eigenvalue weighted by molar-refractivity contribution is 0.210. The molecule has 0 fully saturated rings. The van der Waals surface area contributed by atoms with Gasteiger partial charge in [-0.2, -0.15) is 0 Å². The monoisotopic (exact) mass is 177 g/mol. The van der Waals surface area contributed by atoms with Gasteiger partial charge in [0.05, 0.1) is 12.1 Å². The fraction of sp³-hybridized carbons (Fsp3) is 0.333. The van der Waals surface area contributed by atoms with Crippen molar-refractivity contribution < 1.29 is 5.11 Å². The van der Waals surface area contributed by atoms with Crippen molar-refractivity contribution in [3.63, 3.8) is 0 Å². The van der Waals surface area contributed by atoms with Crippen molar-refractivity contribution >= 4 is 0 Å². The molecular weight excluding hydrogens is 166 g/mol. The van der Waals surface area contributed by atoms with Crippen LogP contribution < -0.4 is 0 Å². The molecule has 0 radical (unpaired) electrons. The van der Waals surface area contributed by atoms with Gasteiger partial charge in [0.1, 0.15) is 0 Å². The summed E-state index contributed by atoms with van der Waals surface area (Å²) in [5.41, 5.74) is 8.31. The van der Waals surface area contributed by atoms with Crippen molar-refractivity contribution in [2.45, 2.75) is 12.5 Å². The summed E-state index contributed by atoms with van der Waals surface area (Å²) in [6.07, 6.45) is 0. The molecule has 1 N–H and O–H groups in total. The minimum atomic E-state index is -0.851. The van der Waals surface area contributed by atoms with E-state index in [1.165, 1.54) is 0 Å². The van der Waals surface area contributed by atoms with Crippen LogP contribution in [0, 0.1) is 0 Å². The Hall–Kier alpha value is -1.51. The van der Waals surface area contributed by atoms with E-state index in [9.17, 15) is 0 Å². The van der Waals surface area contributed by atoms with E-state index in [2.05, 4.69) is 10.0 Å². The number of hydrogen-bond acceptors (Lipinski definition) is 2. The zero-order chi connectivity index (χ0) is 9.73. The maximum absolute atomic E-state index is 9.10. The first-order valence-electron chi connectivity index (χ1n) is 3.95. The van der Waals surface area contributed by atoms with E-state index in [1.54, 1.807) is 6.92 Å². The van der Waals surface area contributed by atoms with E-state index in [-0.39, 0.29) is 6.61 Å². The third kappa shape index (κ3) is 1.99. The van der Waals surface area contributed by atoms with Gasteiger partial charge in [0, 0.05) is 4.91 Å². The maximum Gasteiger partial charge on any atom is 0.0940 e. The van der Waals surface area contributed by atoms with Crippen molar-refractivity contribution in [3.05, 3.63) is 46.3 Å². The van der Waals surface area contributed by atoms with Gasteiger partial charge in [-0.1, -0.05) is 35.4 Å². The van der Waals surface area contributed by atoms with Crippen LogP contribution in [-0.4, -0.2) is 11.7 Å². The molecule has 1 aromatic carbocycles. The van der Waals surface area contributed by atoms with Gasteiger partial charge in [0.15, 0.2) is 0 Å². The Balaban J connectivity index is 3.10. The molecule has 0 saturated heterocycles. The summed E-state index contributed by atoms with van der Waals surface area (Å²) >= 11 is 0. The van der Waals surface area contributed by atoms with Crippen LogP contribution in [0.4, 0.5) is 0 Å². The predicted octanol–water partition coefficient (Wildman–Crippen LogP) is 2.20. The van der Waals surface area contributed by atoms with Crippen molar-refractivity contribution in [2.75, 3.05) is 6.61 Å². The van der Waals surface area contributed by atoms with E-state index in [0.29, 0.717) is 0 Å². The molecule has 1 atom stereocenters. The second kappa shape index (κ2) is 3.94. The van der Waals surface area contributed by atoms with Gasteiger partial charge in [-0.15, -0.1) is 0 Å². The Labute approximate surface area is 76.5 Å². The molecule has 1 unspecified atom stereocenters. The highest BCUT2D eigenvalue weighted by Gasteiger charge is 2.23. The van der Waals surface area contributed by atoms with Crippen LogP contribution in [0.3, 0.4) is 0 Å². The fourth-order valence-electron chi connectivity index (χ4n) is 1.08. The molecule has 4 nitrogen and oxygen atoms in total. The molecule has 0 amide bonds. The molecule has 1 aromatic rings. The standard InChI is InChI=1S/C9H11N3O/c1-9(7-13,11-12-10)8-5-3-2-4-6-8/h2-6,13H,7H2,1H3. The molecule has 0 spiro atoms. The van der Waals surface area contributed by atoms with Crippen LogP contribution in [0.2, 0.25) is 0 Å². The summed E-state index contributed by atoms with van der Waals surface area (Å²) in [4.78, 5) is 2.72.